The molecular weight excluding hydrogens is 326 g/mol. The van der Waals surface area contributed by atoms with Crippen molar-refractivity contribution in [3.63, 3.8) is 0 Å². The second-order valence-electron chi connectivity index (χ2n) is 8.50. The summed E-state index contributed by atoms with van der Waals surface area (Å²) >= 11 is 0. The zero-order valence-electron chi connectivity index (χ0n) is 16.2. The predicted octanol–water partition coefficient (Wildman–Crippen LogP) is 4.80. The van der Waals surface area contributed by atoms with Crippen LogP contribution in [0.25, 0.3) is 0 Å². The lowest BCUT2D eigenvalue weighted by atomic mass is 9.73. The molecule has 0 spiro atoms. The summed E-state index contributed by atoms with van der Waals surface area (Å²) in [5.74, 6) is 2.89. The molecule has 0 radical (unpaired) electrons. The van der Waals surface area contributed by atoms with E-state index in [9.17, 15) is 0 Å². The third kappa shape index (κ3) is 3.86. The summed E-state index contributed by atoms with van der Waals surface area (Å²) < 4.78 is 17.9. The van der Waals surface area contributed by atoms with Gasteiger partial charge in [0, 0.05) is 43.0 Å². The number of benzene rings is 1. The second kappa shape index (κ2) is 8.18. The van der Waals surface area contributed by atoms with Crippen molar-refractivity contribution in [2.75, 3.05) is 31.7 Å². The molecule has 0 bridgehead atoms. The Kier molecular flexibility index (Phi) is 5.70. The molecule has 144 valence electrons. The lowest BCUT2D eigenvalue weighted by Crippen LogP contribution is -2.46. The average Bonchev–Trinajstić information content (AvgIpc) is 2.68. The van der Waals surface area contributed by atoms with Gasteiger partial charge in [-0.3, -0.25) is 0 Å². The first-order valence-corrected chi connectivity index (χ1v) is 10.4. The van der Waals surface area contributed by atoms with Crippen molar-refractivity contribution in [2.24, 2.45) is 17.8 Å². The molecular formula is C22H33NO3. The number of rotatable bonds is 5. The van der Waals surface area contributed by atoms with Crippen molar-refractivity contribution < 1.29 is 14.2 Å². The minimum Gasteiger partial charge on any atom is -0.494 e. The van der Waals surface area contributed by atoms with E-state index < -0.39 is 0 Å². The normalized spacial score (nSPS) is 29.0. The van der Waals surface area contributed by atoms with E-state index in [1.807, 2.05) is 0 Å². The zero-order chi connectivity index (χ0) is 17.9. The Morgan fingerprint density at radius 3 is 2.81 bits per heavy atom. The Morgan fingerprint density at radius 2 is 2.00 bits per heavy atom. The lowest BCUT2D eigenvalue weighted by Gasteiger charge is -2.46. The summed E-state index contributed by atoms with van der Waals surface area (Å²) in [4.78, 5) is 0. The van der Waals surface area contributed by atoms with Crippen LogP contribution < -0.4 is 10.1 Å². The molecule has 26 heavy (non-hydrogen) atoms. The lowest BCUT2D eigenvalue weighted by molar-refractivity contribution is -0.0518. The van der Waals surface area contributed by atoms with Gasteiger partial charge in [-0.25, -0.2) is 0 Å². The van der Waals surface area contributed by atoms with Crippen molar-refractivity contribution >= 4 is 5.69 Å². The van der Waals surface area contributed by atoms with Gasteiger partial charge in [0.25, 0.3) is 0 Å². The third-order valence-electron chi connectivity index (χ3n) is 6.22. The maximum absolute atomic E-state index is 6.30. The molecule has 2 fully saturated rings. The van der Waals surface area contributed by atoms with Crippen LogP contribution in [0, 0.1) is 17.8 Å². The number of fused-ring (bicyclic) bond motifs is 3. The van der Waals surface area contributed by atoms with Crippen LogP contribution in [-0.2, 0) is 9.47 Å². The topological polar surface area (TPSA) is 39.7 Å². The van der Waals surface area contributed by atoms with Gasteiger partial charge in [-0.1, -0.05) is 13.8 Å². The van der Waals surface area contributed by atoms with Crippen LogP contribution in [0.1, 0.15) is 57.6 Å². The molecule has 3 aliphatic rings. The standard InChI is InChI=1S/C22H33NO3/c1-15(2)7-13-25-17-5-6-20-19(14-17)22-18(4-3-10-26-22)21(23-20)16-8-11-24-12-9-16/h5-6,14-16,18,21-23H,3-4,7-13H2,1-2H3/t18-,21+,22-/m1/s1. The van der Waals surface area contributed by atoms with Crippen molar-refractivity contribution in [2.45, 2.75) is 58.1 Å². The SMILES string of the molecule is CC(C)CCOc1ccc2c(c1)[C@@H]1OCCC[C@@H]1[C@H](C1CCOCC1)N2. The van der Waals surface area contributed by atoms with Gasteiger partial charge >= 0.3 is 0 Å². The summed E-state index contributed by atoms with van der Waals surface area (Å²) in [5, 5.41) is 3.88. The quantitative estimate of drug-likeness (QED) is 0.820. The third-order valence-corrected chi connectivity index (χ3v) is 6.22. The van der Waals surface area contributed by atoms with Gasteiger partial charge in [0.1, 0.15) is 5.75 Å². The van der Waals surface area contributed by atoms with Crippen LogP contribution >= 0.6 is 0 Å². The van der Waals surface area contributed by atoms with E-state index in [2.05, 4.69) is 37.4 Å². The molecule has 1 aromatic rings. The number of hydrogen-bond donors (Lipinski definition) is 1. The maximum Gasteiger partial charge on any atom is 0.119 e. The minimum absolute atomic E-state index is 0.210. The highest BCUT2D eigenvalue weighted by Gasteiger charge is 2.42. The molecule has 4 nitrogen and oxygen atoms in total. The number of anilines is 1. The molecule has 0 unspecified atom stereocenters. The van der Waals surface area contributed by atoms with E-state index in [-0.39, 0.29) is 6.10 Å². The van der Waals surface area contributed by atoms with Crippen LogP contribution in [0.3, 0.4) is 0 Å². The van der Waals surface area contributed by atoms with Crippen LogP contribution in [0.4, 0.5) is 5.69 Å². The molecule has 4 rings (SSSR count). The van der Waals surface area contributed by atoms with E-state index in [0.717, 1.165) is 51.4 Å². The van der Waals surface area contributed by atoms with Gasteiger partial charge in [0.15, 0.2) is 0 Å². The van der Waals surface area contributed by atoms with Crippen molar-refractivity contribution in [1.82, 2.24) is 0 Å². The minimum atomic E-state index is 0.210. The van der Waals surface area contributed by atoms with Crippen molar-refractivity contribution in [3.8, 4) is 5.75 Å². The van der Waals surface area contributed by atoms with Gasteiger partial charge in [-0.2, -0.15) is 0 Å². The molecule has 4 heteroatoms. The molecule has 0 aromatic heterocycles. The number of hydrogen-bond acceptors (Lipinski definition) is 4. The first-order valence-electron chi connectivity index (χ1n) is 10.4. The number of ether oxygens (including phenoxy) is 3. The molecule has 3 heterocycles. The largest absolute Gasteiger partial charge is 0.494 e. The monoisotopic (exact) mass is 359 g/mol. The zero-order valence-corrected chi connectivity index (χ0v) is 16.2. The van der Waals surface area contributed by atoms with E-state index >= 15 is 0 Å². The molecule has 3 aliphatic heterocycles. The Labute approximate surface area is 157 Å². The fraction of sp³-hybridized carbons (Fsp3) is 0.727. The first-order chi connectivity index (χ1) is 12.7. The Balaban J connectivity index is 1.54. The summed E-state index contributed by atoms with van der Waals surface area (Å²) in [6.07, 6.45) is 6.03. The highest BCUT2D eigenvalue weighted by molar-refractivity contribution is 5.58. The van der Waals surface area contributed by atoms with Gasteiger partial charge < -0.3 is 19.5 Å². The highest BCUT2D eigenvalue weighted by Crippen LogP contribution is 2.47. The van der Waals surface area contributed by atoms with Gasteiger partial charge in [-0.15, -0.1) is 0 Å². The van der Waals surface area contributed by atoms with Gasteiger partial charge in [0.05, 0.1) is 12.7 Å². The summed E-state index contributed by atoms with van der Waals surface area (Å²) in [7, 11) is 0. The Morgan fingerprint density at radius 1 is 1.15 bits per heavy atom. The molecule has 0 aliphatic carbocycles. The summed E-state index contributed by atoms with van der Waals surface area (Å²) in [5.41, 5.74) is 2.53. The molecule has 1 aromatic carbocycles. The van der Waals surface area contributed by atoms with Gasteiger partial charge in [0.2, 0.25) is 0 Å². The van der Waals surface area contributed by atoms with E-state index in [1.54, 1.807) is 0 Å². The van der Waals surface area contributed by atoms with E-state index in [1.165, 1.54) is 24.1 Å². The van der Waals surface area contributed by atoms with Crippen LogP contribution in [-0.4, -0.2) is 32.5 Å². The van der Waals surface area contributed by atoms with Crippen LogP contribution in [0.2, 0.25) is 0 Å². The van der Waals surface area contributed by atoms with Crippen LogP contribution in [0.15, 0.2) is 18.2 Å². The predicted molar refractivity (Wildman–Crippen MR) is 104 cm³/mol. The Hall–Kier alpha value is -1.26. The average molecular weight is 360 g/mol. The second-order valence-corrected chi connectivity index (χ2v) is 8.50. The molecule has 0 amide bonds. The highest BCUT2D eigenvalue weighted by atomic mass is 16.5. The summed E-state index contributed by atoms with van der Waals surface area (Å²) in [6, 6.07) is 7.02. The molecule has 0 saturated carbocycles. The number of nitrogens with one attached hydrogen (secondary N) is 1. The molecule has 2 saturated heterocycles. The summed E-state index contributed by atoms with van der Waals surface area (Å²) in [6.45, 7) is 7.92. The van der Waals surface area contributed by atoms with Crippen molar-refractivity contribution in [3.05, 3.63) is 23.8 Å². The fourth-order valence-corrected chi connectivity index (χ4v) is 4.73. The van der Waals surface area contributed by atoms with E-state index in [4.69, 9.17) is 14.2 Å². The molecule has 1 N–H and O–H groups in total. The van der Waals surface area contributed by atoms with Crippen molar-refractivity contribution in [1.29, 1.82) is 0 Å². The van der Waals surface area contributed by atoms with E-state index in [0.29, 0.717) is 23.8 Å². The smallest absolute Gasteiger partial charge is 0.119 e. The Bertz CT molecular complexity index is 597. The first kappa shape index (κ1) is 18.1. The fourth-order valence-electron chi connectivity index (χ4n) is 4.73. The van der Waals surface area contributed by atoms with Gasteiger partial charge in [-0.05, 0) is 62.1 Å². The van der Waals surface area contributed by atoms with Crippen LogP contribution in [0.5, 0.6) is 5.75 Å². The molecule has 3 atom stereocenters. The maximum atomic E-state index is 6.30.